The fourth-order valence-corrected chi connectivity index (χ4v) is 3.19. The van der Waals surface area contributed by atoms with E-state index in [2.05, 4.69) is 20.9 Å². The summed E-state index contributed by atoms with van der Waals surface area (Å²) in [5.74, 6) is -0.245. The predicted octanol–water partition coefficient (Wildman–Crippen LogP) is 4.66. The number of para-hydroxylation sites is 2. The lowest BCUT2D eigenvalue weighted by Gasteiger charge is -2.06. The number of hydrogen-bond acceptors (Lipinski definition) is 4. The van der Waals surface area contributed by atoms with E-state index in [1.807, 2.05) is 49.4 Å². The molecule has 26 heavy (non-hydrogen) atoms. The van der Waals surface area contributed by atoms with Crippen LogP contribution in [0.4, 0.5) is 21.3 Å². The molecular weight excluding hydrogens is 348 g/mol. The largest absolute Gasteiger partial charge is 0.325 e. The molecule has 0 aliphatic heterocycles. The SMILES string of the molecule is Cc1ccccc1NC(=O)c1sc(NC(=O)Nc2ccccc2)nc1C. The van der Waals surface area contributed by atoms with Gasteiger partial charge in [-0.3, -0.25) is 10.1 Å². The van der Waals surface area contributed by atoms with Gasteiger partial charge in [0.05, 0.1) is 5.69 Å². The van der Waals surface area contributed by atoms with Crippen molar-refractivity contribution in [3.05, 3.63) is 70.7 Å². The Morgan fingerprint density at radius 2 is 1.58 bits per heavy atom. The molecule has 0 radical (unpaired) electrons. The molecule has 0 aliphatic carbocycles. The highest BCUT2D eigenvalue weighted by Gasteiger charge is 2.17. The second-order valence-electron chi connectivity index (χ2n) is 5.65. The van der Waals surface area contributed by atoms with Crippen LogP contribution in [0.2, 0.25) is 0 Å². The molecule has 3 aromatic rings. The lowest BCUT2D eigenvalue weighted by molar-refractivity contribution is 0.102. The van der Waals surface area contributed by atoms with Crippen molar-refractivity contribution in [2.45, 2.75) is 13.8 Å². The fourth-order valence-electron chi connectivity index (χ4n) is 2.33. The molecule has 132 valence electrons. The van der Waals surface area contributed by atoms with E-state index in [-0.39, 0.29) is 5.91 Å². The molecule has 1 aromatic heterocycles. The van der Waals surface area contributed by atoms with Crippen LogP contribution in [-0.4, -0.2) is 16.9 Å². The van der Waals surface area contributed by atoms with E-state index in [1.54, 1.807) is 19.1 Å². The molecule has 0 saturated carbocycles. The van der Waals surface area contributed by atoms with E-state index in [4.69, 9.17) is 0 Å². The van der Waals surface area contributed by atoms with Crippen LogP contribution in [0.3, 0.4) is 0 Å². The maximum Gasteiger partial charge on any atom is 0.325 e. The number of hydrogen-bond donors (Lipinski definition) is 3. The molecular formula is C19H18N4O2S. The molecule has 0 spiro atoms. The second kappa shape index (κ2) is 7.79. The van der Waals surface area contributed by atoms with Crippen molar-refractivity contribution in [2.24, 2.45) is 0 Å². The van der Waals surface area contributed by atoms with Crippen molar-refractivity contribution in [1.29, 1.82) is 0 Å². The molecule has 6 nitrogen and oxygen atoms in total. The number of nitrogens with zero attached hydrogens (tertiary/aromatic N) is 1. The summed E-state index contributed by atoms with van der Waals surface area (Å²) in [4.78, 5) is 29.3. The summed E-state index contributed by atoms with van der Waals surface area (Å²) in [5.41, 5.74) is 2.97. The molecule has 0 fully saturated rings. The number of benzene rings is 2. The third-order valence-electron chi connectivity index (χ3n) is 3.65. The Balaban J connectivity index is 1.67. The minimum atomic E-state index is -0.407. The number of carbonyl (C=O) groups excluding carboxylic acids is 2. The number of anilines is 3. The van der Waals surface area contributed by atoms with Gasteiger partial charge in [0, 0.05) is 11.4 Å². The topological polar surface area (TPSA) is 83.1 Å². The van der Waals surface area contributed by atoms with Crippen LogP contribution in [0.5, 0.6) is 0 Å². The quantitative estimate of drug-likeness (QED) is 0.628. The molecule has 1 heterocycles. The minimum Gasteiger partial charge on any atom is -0.321 e. The monoisotopic (exact) mass is 366 g/mol. The van der Waals surface area contributed by atoms with Crippen LogP contribution < -0.4 is 16.0 Å². The summed E-state index contributed by atoms with van der Waals surface area (Å²) in [7, 11) is 0. The molecule has 0 unspecified atom stereocenters. The number of nitrogens with one attached hydrogen (secondary N) is 3. The predicted molar refractivity (Wildman–Crippen MR) is 105 cm³/mol. The number of aryl methyl sites for hydroxylation is 2. The van der Waals surface area contributed by atoms with Gasteiger partial charge in [0.15, 0.2) is 5.13 Å². The Morgan fingerprint density at radius 3 is 2.31 bits per heavy atom. The van der Waals surface area contributed by atoms with Gasteiger partial charge in [0.1, 0.15) is 4.88 Å². The van der Waals surface area contributed by atoms with E-state index in [0.717, 1.165) is 22.6 Å². The maximum absolute atomic E-state index is 12.5. The standard InChI is InChI=1S/C19H18N4O2S/c1-12-8-6-7-11-15(12)22-17(24)16-13(2)20-19(26-16)23-18(25)21-14-9-4-3-5-10-14/h3-11H,1-2H3,(H,22,24)(H2,20,21,23,25). The molecule has 2 aromatic carbocycles. The normalized spacial score (nSPS) is 10.2. The van der Waals surface area contributed by atoms with Crippen LogP contribution in [0.1, 0.15) is 20.9 Å². The second-order valence-corrected chi connectivity index (χ2v) is 6.65. The average Bonchev–Trinajstić information content (AvgIpc) is 2.98. The Morgan fingerprint density at radius 1 is 0.885 bits per heavy atom. The molecule has 7 heteroatoms. The zero-order chi connectivity index (χ0) is 18.5. The van der Waals surface area contributed by atoms with E-state index in [9.17, 15) is 9.59 Å². The van der Waals surface area contributed by atoms with Crippen molar-refractivity contribution in [1.82, 2.24) is 4.98 Å². The van der Waals surface area contributed by atoms with Crippen LogP contribution in [-0.2, 0) is 0 Å². The van der Waals surface area contributed by atoms with Gasteiger partial charge in [-0.05, 0) is 37.6 Å². The van der Waals surface area contributed by atoms with Crippen LogP contribution in [0, 0.1) is 13.8 Å². The van der Waals surface area contributed by atoms with Crippen molar-refractivity contribution in [3.8, 4) is 0 Å². The minimum absolute atomic E-state index is 0.245. The smallest absolute Gasteiger partial charge is 0.321 e. The Hall–Kier alpha value is -3.19. The van der Waals surface area contributed by atoms with Gasteiger partial charge in [0.2, 0.25) is 0 Å². The van der Waals surface area contributed by atoms with Crippen molar-refractivity contribution >= 4 is 39.8 Å². The first-order valence-electron chi connectivity index (χ1n) is 8.00. The van der Waals surface area contributed by atoms with Gasteiger partial charge in [-0.1, -0.05) is 47.7 Å². The lowest BCUT2D eigenvalue weighted by Crippen LogP contribution is -2.19. The van der Waals surface area contributed by atoms with Crippen molar-refractivity contribution in [2.75, 3.05) is 16.0 Å². The van der Waals surface area contributed by atoms with Gasteiger partial charge in [-0.15, -0.1) is 0 Å². The third kappa shape index (κ3) is 4.25. The number of rotatable bonds is 4. The highest BCUT2D eigenvalue weighted by Crippen LogP contribution is 2.24. The fraction of sp³-hybridized carbons (Fsp3) is 0.105. The van der Waals surface area contributed by atoms with Crippen LogP contribution in [0.15, 0.2) is 54.6 Å². The molecule has 0 bridgehead atoms. The molecule has 3 amide bonds. The van der Waals surface area contributed by atoms with Gasteiger partial charge in [0.25, 0.3) is 5.91 Å². The van der Waals surface area contributed by atoms with Gasteiger partial charge < -0.3 is 10.6 Å². The summed E-state index contributed by atoms with van der Waals surface area (Å²) in [6, 6.07) is 16.2. The zero-order valence-electron chi connectivity index (χ0n) is 14.4. The molecule has 0 saturated heterocycles. The van der Waals surface area contributed by atoms with E-state index in [1.165, 1.54) is 0 Å². The van der Waals surface area contributed by atoms with Crippen molar-refractivity contribution < 1.29 is 9.59 Å². The van der Waals surface area contributed by atoms with Gasteiger partial charge >= 0.3 is 6.03 Å². The Bertz CT molecular complexity index is 938. The number of thiazole rings is 1. The highest BCUT2D eigenvalue weighted by atomic mass is 32.1. The molecule has 0 atom stereocenters. The zero-order valence-corrected chi connectivity index (χ0v) is 15.2. The number of amides is 3. The van der Waals surface area contributed by atoms with Gasteiger partial charge in [-0.25, -0.2) is 9.78 Å². The Labute approximate surface area is 155 Å². The number of aromatic nitrogens is 1. The van der Waals surface area contributed by atoms with Gasteiger partial charge in [-0.2, -0.15) is 0 Å². The third-order valence-corrected chi connectivity index (χ3v) is 4.72. The lowest BCUT2D eigenvalue weighted by atomic mass is 10.2. The summed E-state index contributed by atoms with van der Waals surface area (Å²) in [6.45, 7) is 3.67. The number of urea groups is 1. The molecule has 0 aliphatic rings. The van der Waals surface area contributed by atoms with Crippen LogP contribution >= 0.6 is 11.3 Å². The van der Waals surface area contributed by atoms with E-state index in [0.29, 0.717) is 21.4 Å². The average molecular weight is 366 g/mol. The summed E-state index contributed by atoms with van der Waals surface area (Å²) < 4.78 is 0. The summed E-state index contributed by atoms with van der Waals surface area (Å²) in [5, 5.41) is 8.61. The highest BCUT2D eigenvalue weighted by molar-refractivity contribution is 7.17. The van der Waals surface area contributed by atoms with E-state index < -0.39 is 6.03 Å². The van der Waals surface area contributed by atoms with Crippen molar-refractivity contribution in [3.63, 3.8) is 0 Å². The summed E-state index contributed by atoms with van der Waals surface area (Å²) >= 11 is 1.14. The maximum atomic E-state index is 12.5. The first-order valence-corrected chi connectivity index (χ1v) is 8.82. The molecule has 3 N–H and O–H groups in total. The van der Waals surface area contributed by atoms with Crippen LogP contribution in [0.25, 0.3) is 0 Å². The Kier molecular flexibility index (Phi) is 5.28. The van der Waals surface area contributed by atoms with E-state index >= 15 is 0 Å². The summed E-state index contributed by atoms with van der Waals surface area (Å²) in [6.07, 6.45) is 0. The first kappa shape index (κ1) is 17.6. The molecule has 3 rings (SSSR count). The first-order chi connectivity index (χ1) is 12.5. The number of carbonyl (C=O) groups is 2.